The van der Waals surface area contributed by atoms with Crippen molar-refractivity contribution >= 4 is 16.8 Å². The van der Waals surface area contributed by atoms with Crippen LogP contribution in [0.25, 0.3) is 10.9 Å². The molecule has 3 rings (SSSR count). The summed E-state index contributed by atoms with van der Waals surface area (Å²) in [7, 11) is 0. The number of H-pyrrole nitrogens is 1. The first-order chi connectivity index (χ1) is 11.4. The van der Waals surface area contributed by atoms with E-state index in [1.54, 1.807) is 12.1 Å². The molecule has 0 aliphatic carbocycles. The monoisotopic (exact) mass is 337 g/mol. The van der Waals surface area contributed by atoms with Crippen LogP contribution in [0.3, 0.4) is 0 Å². The summed E-state index contributed by atoms with van der Waals surface area (Å²) >= 11 is 0. The Bertz CT molecular complexity index is 902. The number of nitrogens with one attached hydrogen (secondary N) is 2. The van der Waals surface area contributed by atoms with Gasteiger partial charge in [-0.3, -0.25) is 9.89 Å². The Labute approximate surface area is 133 Å². The summed E-state index contributed by atoms with van der Waals surface area (Å²) in [6.45, 7) is -0.377. The minimum atomic E-state index is -4.70. The minimum Gasteiger partial charge on any atom is -0.348 e. The molecule has 0 aliphatic rings. The largest absolute Gasteiger partial charge is 0.416 e. The van der Waals surface area contributed by atoms with Gasteiger partial charge in [0, 0.05) is 11.9 Å². The molecule has 8 heteroatoms. The zero-order valence-corrected chi connectivity index (χ0v) is 12.1. The lowest BCUT2D eigenvalue weighted by Gasteiger charge is -2.13. The molecule has 0 spiro atoms. The molecule has 2 N–H and O–H groups in total. The van der Waals surface area contributed by atoms with E-state index >= 15 is 0 Å². The van der Waals surface area contributed by atoms with E-state index in [0.717, 1.165) is 12.1 Å². The molecule has 1 aromatic heterocycles. The smallest absolute Gasteiger partial charge is 0.348 e. The lowest BCUT2D eigenvalue weighted by atomic mass is 10.1. The summed E-state index contributed by atoms with van der Waals surface area (Å²) in [6.07, 6.45) is -3.17. The van der Waals surface area contributed by atoms with E-state index < -0.39 is 23.5 Å². The first-order valence-corrected chi connectivity index (χ1v) is 6.92. The van der Waals surface area contributed by atoms with Crippen LogP contribution in [-0.4, -0.2) is 16.1 Å². The van der Waals surface area contributed by atoms with Crippen molar-refractivity contribution in [3.8, 4) is 0 Å². The number of aromatic amines is 1. The number of halogens is 4. The number of hydrogen-bond acceptors (Lipinski definition) is 2. The highest BCUT2D eigenvalue weighted by Crippen LogP contribution is 2.32. The van der Waals surface area contributed by atoms with E-state index in [4.69, 9.17) is 0 Å². The number of nitrogens with zero attached hydrogens (tertiary/aromatic N) is 1. The van der Waals surface area contributed by atoms with Crippen molar-refractivity contribution in [1.82, 2.24) is 15.5 Å². The standard InChI is InChI=1S/C16H11F4N3O/c17-11-5-4-9(13(6-11)16(18,19)20)7-21-15(24)12-3-1-2-10-8-22-23-14(10)12/h1-6,8H,7H2,(H,21,24)(H,22,23). The molecule has 2 aromatic carbocycles. The molecular weight excluding hydrogens is 326 g/mol. The number of aromatic nitrogens is 2. The van der Waals surface area contributed by atoms with Crippen molar-refractivity contribution in [2.75, 3.05) is 0 Å². The van der Waals surface area contributed by atoms with Crippen molar-refractivity contribution in [1.29, 1.82) is 0 Å². The molecule has 1 amide bonds. The second kappa shape index (κ2) is 5.95. The Hall–Kier alpha value is -2.90. The van der Waals surface area contributed by atoms with Crippen LogP contribution in [0.4, 0.5) is 17.6 Å². The Morgan fingerprint density at radius 3 is 2.75 bits per heavy atom. The normalized spacial score (nSPS) is 11.7. The van der Waals surface area contributed by atoms with Gasteiger partial charge in [0.1, 0.15) is 5.82 Å². The van der Waals surface area contributed by atoms with Gasteiger partial charge in [-0.15, -0.1) is 0 Å². The molecule has 0 unspecified atom stereocenters. The third-order valence-electron chi connectivity index (χ3n) is 3.54. The zero-order chi connectivity index (χ0) is 17.3. The van der Waals surface area contributed by atoms with E-state index in [2.05, 4.69) is 15.5 Å². The van der Waals surface area contributed by atoms with Gasteiger partial charge in [0.2, 0.25) is 0 Å². The van der Waals surface area contributed by atoms with Crippen LogP contribution in [0.5, 0.6) is 0 Å². The number of alkyl halides is 3. The second-order valence-corrected chi connectivity index (χ2v) is 5.12. The molecule has 0 saturated heterocycles. The Morgan fingerprint density at radius 2 is 2.00 bits per heavy atom. The maximum absolute atomic E-state index is 13.1. The summed E-state index contributed by atoms with van der Waals surface area (Å²) in [5.74, 6) is -1.54. The maximum Gasteiger partial charge on any atom is 0.416 e. The number of hydrogen-bond donors (Lipinski definition) is 2. The Kier molecular flexibility index (Phi) is 3.96. The van der Waals surface area contributed by atoms with E-state index in [-0.39, 0.29) is 17.7 Å². The van der Waals surface area contributed by atoms with E-state index in [0.29, 0.717) is 17.0 Å². The molecule has 0 aliphatic heterocycles. The Morgan fingerprint density at radius 1 is 1.21 bits per heavy atom. The van der Waals surface area contributed by atoms with Gasteiger partial charge in [-0.25, -0.2) is 4.39 Å². The second-order valence-electron chi connectivity index (χ2n) is 5.12. The summed E-state index contributed by atoms with van der Waals surface area (Å²) < 4.78 is 51.9. The highest BCUT2D eigenvalue weighted by atomic mass is 19.4. The predicted octanol–water partition coefficient (Wildman–Crippen LogP) is 3.65. The van der Waals surface area contributed by atoms with Crippen molar-refractivity contribution < 1.29 is 22.4 Å². The average molecular weight is 337 g/mol. The van der Waals surface area contributed by atoms with Gasteiger partial charge in [-0.05, 0) is 23.8 Å². The van der Waals surface area contributed by atoms with Crippen LogP contribution in [0.1, 0.15) is 21.5 Å². The molecule has 1 heterocycles. The molecular formula is C16H11F4N3O. The number of fused-ring (bicyclic) bond motifs is 1. The SMILES string of the molecule is O=C(NCc1ccc(F)cc1C(F)(F)F)c1cccc2cn[nH]c12. The highest BCUT2D eigenvalue weighted by Gasteiger charge is 2.33. The van der Waals surface area contributed by atoms with Crippen molar-refractivity contribution in [3.05, 3.63) is 65.1 Å². The summed E-state index contributed by atoms with van der Waals surface area (Å²) in [5.41, 5.74) is -0.567. The van der Waals surface area contributed by atoms with Gasteiger partial charge in [0.15, 0.2) is 0 Å². The molecule has 4 nitrogen and oxygen atoms in total. The number of rotatable bonds is 3. The summed E-state index contributed by atoms with van der Waals surface area (Å²) in [5, 5.41) is 9.62. The number of carbonyl (C=O) groups is 1. The summed E-state index contributed by atoms with van der Waals surface area (Å²) in [4.78, 5) is 12.2. The van der Waals surface area contributed by atoms with E-state index in [9.17, 15) is 22.4 Å². The highest BCUT2D eigenvalue weighted by molar-refractivity contribution is 6.05. The predicted molar refractivity (Wildman–Crippen MR) is 78.7 cm³/mol. The number of carbonyl (C=O) groups excluding carboxylic acids is 1. The fourth-order valence-electron chi connectivity index (χ4n) is 2.40. The van der Waals surface area contributed by atoms with Crippen molar-refractivity contribution in [2.24, 2.45) is 0 Å². The third kappa shape index (κ3) is 3.08. The van der Waals surface area contributed by atoms with Gasteiger partial charge in [-0.1, -0.05) is 18.2 Å². The molecule has 0 atom stereocenters. The molecule has 0 radical (unpaired) electrons. The Balaban J connectivity index is 1.84. The zero-order valence-electron chi connectivity index (χ0n) is 12.1. The van der Waals surface area contributed by atoms with Crippen LogP contribution in [0, 0.1) is 5.82 Å². The first-order valence-electron chi connectivity index (χ1n) is 6.92. The molecule has 0 bridgehead atoms. The van der Waals surface area contributed by atoms with E-state index in [1.807, 2.05) is 0 Å². The maximum atomic E-state index is 13.1. The number of para-hydroxylation sites is 1. The van der Waals surface area contributed by atoms with Crippen LogP contribution < -0.4 is 5.32 Å². The van der Waals surface area contributed by atoms with Gasteiger partial charge in [-0.2, -0.15) is 18.3 Å². The molecule has 24 heavy (non-hydrogen) atoms. The number of benzene rings is 2. The van der Waals surface area contributed by atoms with Crippen LogP contribution in [-0.2, 0) is 12.7 Å². The fraction of sp³-hybridized carbons (Fsp3) is 0.125. The molecule has 124 valence electrons. The van der Waals surface area contributed by atoms with Gasteiger partial charge < -0.3 is 5.32 Å². The van der Waals surface area contributed by atoms with E-state index in [1.165, 1.54) is 12.3 Å². The van der Waals surface area contributed by atoms with Gasteiger partial charge in [0.25, 0.3) is 5.91 Å². The average Bonchev–Trinajstić information content (AvgIpc) is 3.01. The fourth-order valence-corrected chi connectivity index (χ4v) is 2.40. The minimum absolute atomic E-state index is 0.214. The molecule has 0 saturated carbocycles. The van der Waals surface area contributed by atoms with Crippen LogP contribution in [0.2, 0.25) is 0 Å². The van der Waals surface area contributed by atoms with Crippen molar-refractivity contribution in [3.63, 3.8) is 0 Å². The topological polar surface area (TPSA) is 57.8 Å². The summed E-state index contributed by atoms with van der Waals surface area (Å²) in [6, 6.07) is 7.27. The van der Waals surface area contributed by atoms with Crippen LogP contribution in [0.15, 0.2) is 42.6 Å². The van der Waals surface area contributed by atoms with Gasteiger partial charge >= 0.3 is 6.18 Å². The van der Waals surface area contributed by atoms with Crippen LogP contribution >= 0.6 is 0 Å². The van der Waals surface area contributed by atoms with Gasteiger partial charge in [0.05, 0.1) is 22.8 Å². The lowest BCUT2D eigenvalue weighted by Crippen LogP contribution is -2.25. The quantitative estimate of drug-likeness (QED) is 0.717. The molecule has 0 fully saturated rings. The third-order valence-corrected chi connectivity index (χ3v) is 3.54. The molecule has 3 aromatic rings. The first kappa shape index (κ1) is 16.0. The van der Waals surface area contributed by atoms with Crippen molar-refractivity contribution in [2.45, 2.75) is 12.7 Å². The lowest BCUT2D eigenvalue weighted by molar-refractivity contribution is -0.138. The number of amides is 1.